The van der Waals surface area contributed by atoms with Gasteiger partial charge in [0.25, 0.3) is 5.56 Å². The van der Waals surface area contributed by atoms with E-state index in [1.54, 1.807) is 18.0 Å². The van der Waals surface area contributed by atoms with E-state index in [0.29, 0.717) is 29.9 Å². The fraction of sp³-hybridized carbons (Fsp3) is 0.462. The van der Waals surface area contributed by atoms with E-state index in [-0.39, 0.29) is 5.56 Å². The van der Waals surface area contributed by atoms with E-state index in [1.165, 1.54) is 4.68 Å². The Labute approximate surface area is 131 Å². The zero-order chi connectivity index (χ0) is 15.2. The van der Waals surface area contributed by atoms with Gasteiger partial charge in [-0.05, 0) is 27.9 Å². The summed E-state index contributed by atoms with van der Waals surface area (Å²) in [6.07, 6.45) is 6.27. The number of rotatable bonds is 7. The number of aromatic nitrogens is 4. The fourth-order valence-corrected chi connectivity index (χ4v) is 2.32. The molecular formula is C13H18BrN5O2. The minimum atomic E-state index is -0.168. The Balaban J connectivity index is 1.97. The first-order chi connectivity index (χ1) is 10.1. The third-order valence-electron chi connectivity index (χ3n) is 2.98. The molecule has 0 spiro atoms. The first-order valence-corrected chi connectivity index (χ1v) is 7.37. The quantitative estimate of drug-likeness (QED) is 0.803. The summed E-state index contributed by atoms with van der Waals surface area (Å²) in [5, 5.41) is 11.4. The van der Waals surface area contributed by atoms with Crippen molar-refractivity contribution >= 4 is 21.6 Å². The standard InChI is InChI=1S/C13H18BrN5O2/c1-18-9-10(7-16-18)3-4-15-11-8-17-19(5-6-21-2)13(20)12(11)14/h7-9,15H,3-6H2,1-2H3. The molecule has 2 heterocycles. The van der Waals surface area contributed by atoms with Crippen LogP contribution in [0.2, 0.25) is 0 Å². The van der Waals surface area contributed by atoms with Gasteiger partial charge < -0.3 is 10.1 Å². The number of aryl methyl sites for hydroxylation is 1. The third kappa shape index (κ3) is 4.15. The van der Waals surface area contributed by atoms with E-state index in [1.807, 2.05) is 19.4 Å². The van der Waals surface area contributed by atoms with Gasteiger partial charge in [0.05, 0.1) is 31.2 Å². The highest BCUT2D eigenvalue weighted by Gasteiger charge is 2.08. The van der Waals surface area contributed by atoms with Gasteiger partial charge in [0.1, 0.15) is 4.47 Å². The van der Waals surface area contributed by atoms with E-state index in [9.17, 15) is 4.79 Å². The summed E-state index contributed by atoms with van der Waals surface area (Å²) in [4.78, 5) is 12.1. The average molecular weight is 356 g/mol. The molecule has 0 radical (unpaired) electrons. The van der Waals surface area contributed by atoms with Gasteiger partial charge in [-0.25, -0.2) is 4.68 Å². The number of methoxy groups -OCH3 is 1. The van der Waals surface area contributed by atoms with Crippen molar-refractivity contribution in [3.8, 4) is 0 Å². The van der Waals surface area contributed by atoms with Crippen LogP contribution in [-0.2, 0) is 24.8 Å². The maximum Gasteiger partial charge on any atom is 0.283 e. The van der Waals surface area contributed by atoms with E-state index < -0.39 is 0 Å². The Morgan fingerprint density at radius 3 is 2.86 bits per heavy atom. The van der Waals surface area contributed by atoms with Crippen molar-refractivity contribution < 1.29 is 4.74 Å². The van der Waals surface area contributed by atoms with Crippen LogP contribution in [0, 0.1) is 0 Å². The molecule has 0 atom stereocenters. The lowest BCUT2D eigenvalue weighted by atomic mass is 10.2. The monoisotopic (exact) mass is 355 g/mol. The van der Waals surface area contributed by atoms with Gasteiger partial charge in [0.2, 0.25) is 0 Å². The summed E-state index contributed by atoms with van der Waals surface area (Å²) in [5.74, 6) is 0. The predicted octanol–water partition coefficient (Wildman–Crippen LogP) is 1.04. The lowest BCUT2D eigenvalue weighted by Gasteiger charge is -2.09. The van der Waals surface area contributed by atoms with Crippen LogP contribution in [0.5, 0.6) is 0 Å². The minimum absolute atomic E-state index is 0.168. The van der Waals surface area contributed by atoms with Crippen molar-refractivity contribution in [3.63, 3.8) is 0 Å². The van der Waals surface area contributed by atoms with Crippen LogP contribution in [0.3, 0.4) is 0 Å². The highest BCUT2D eigenvalue weighted by atomic mass is 79.9. The highest BCUT2D eigenvalue weighted by molar-refractivity contribution is 9.10. The lowest BCUT2D eigenvalue weighted by molar-refractivity contribution is 0.181. The summed E-state index contributed by atoms with van der Waals surface area (Å²) in [6.45, 7) is 1.59. The molecule has 0 aromatic carbocycles. The maximum absolute atomic E-state index is 12.1. The fourth-order valence-electron chi connectivity index (χ4n) is 1.87. The second kappa shape index (κ2) is 7.37. The normalized spacial score (nSPS) is 10.8. The summed E-state index contributed by atoms with van der Waals surface area (Å²) in [6, 6.07) is 0. The van der Waals surface area contributed by atoms with Crippen molar-refractivity contribution in [1.82, 2.24) is 19.6 Å². The summed E-state index contributed by atoms with van der Waals surface area (Å²) in [5.41, 5.74) is 1.67. The predicted molar refractivity (Wildman–Crippen MR) is 83.5 cm³/mol. The number of hydrogen-bond donors (Lipinski definition) is 1. The van der Waals surface area contributed by atoms with Crippen molar-refractivity contribution in [2.45, 2.75) is 13.0 Å². The summed E-state index contributed by atoms with van der Waals surface area (Å²) < 4.78 is 8.58. The Hall–Kier alpha value is -1.67. The van der Waals surface area contributed by atoms with Crippen molar-refractivity contribution in [2.24, 2.45) is 7.05 Å². The zero-order valence-corrected chi connectivity index (χ0v) is 13.6. The van der Waals surface area contributed by atoms with Crippen LogP contribution in [0.15, 0.2) is 27.9 Å². The second-order valence-corrected chi connectivity index (χ2v) is 5.39. The zero-order valence-electron chi connectivity index (χ0n) is 12.0. The summed E-state index contributed by atoms with van der Waals surface area (Å²) >= 11 is 3.32. The molecule has 0 aliphatic rings. The third-order valence-corrected chi connectivity index (χ3v) is 3.75. The molecule has 0 amide bonds. The summed E-state index contributed by atoms with van der Waals surface area (Å²) in [7, 11) is 3.48. The largest absolute Gasteiger partial charge is 0.383 e. The van der Waals surface area contributed by atoms with E-state index in [4.69, 9.17) is 4.74 Å². The van der Waals surface area contributed by atoms with E-state index in [0.717, 1.165) is 12.0 Å². The molecule has 0 saturated heterocycles. The Morgan fingerprint density at radius 1 is 1.38 bits per heavy atom. The number of nitrogens with one attached hydrogen (secondary N) is 1. The van der Waals surface area contributed by atoms with Gasteiger partial charge in [0, 0.05) is 26.9 Å². The first kappa shape index (κ1) is 15.7. The molecule has 21 heavy (non-hydrogen) atoms. The molecule has 0 aliphatic carbocycles. The smallest absolute Gasteiger partial charge is 0.283 e. The Morgan fingerprint density at radius 2 is 2.19 bits per heavy atom. The Bertz CT molecular complexity index is 652. The maximum atomic E-state index is 12.1. The molecule has 0 aliphatic heterocycles. The number of ether oxygens (including phenoxy) is 1. The molecule has 0 unspecified atom stereocenters. The molecule has 8 heteroatoms. The van der Waals surface area contributed by atoms with Crippen LogP contribution < -0.4 is 10.9 Å². The molecule has 0 bridgehead atoms. The van der Waals surface area contributed by atoms with Crippen LogP contribution in [0.1, 0.15) is 5.56 Å². The number of anilines is 1. The number of halogens is 1. The SMILES string of the molecule is COCCn1ncc(NCCc2cnn(C)c2)c(Br)c1=O. The molecular weight excluding hydrogens is 338 g/mol. The first-order valence-electron chi connectivity index (χ1n) is 6.57. The van der Waals surface area contributed by atoms with Crippen LogP contribution >= 0.6 is 15.9 Å². The highest BCUT2D eigenvalue weighted by Crippen LogP contribution is 2.16. The molecule has 2 aromatic rings. The molecule has 2 rings (SSSR count). The molecule has 7 nitrogen and oxygen atoms in total. The van der Waals surface area contributed by atoms with Crippen molar-refractivity contribution in [2.75, 3.05) is 25.6 Å². The van der Waals surface area contributed by atoms with E-state index >= 15 is 0 Å². The molecule has 114 valence electrons. The van der Waals surface area contributed by atoms with Gasteiger partial charge in [-0.1, -0.05) is 0 Å². The van der Waals surface area contributed by atoms with Crippen LogP contribution in [-0.4, -0.2) is 39.8 Å². The van der Waals surface area contributed by atoms with Gasteiger partial charge in [-0.2, -0.15) is 10.2 Å². The van der Waals surface area contributed by atoms with Crippen LogP contribution in [0.4, 0.5) is 5.69 Å². The average Bonchev–Trinajstić information content (AvgIpc) is 2.88. The molecule has 0 saturated carbocycles. The molecule has 0 fully saturated rings. The van der Waals surface area contributed by atoms with Crippen molar-refractivity contribution in [3.05, 3.63) is 39.0 Å². The van der Waals surface area contributed by atoms with Crippen molar-refractivity contribution in [1.29, 1.82) is 0 Å². The Kier molecular flexibility index (Phi) is 5.51. The van der Waals surface area contributed by atoms with Gasteiger partial charge in [0.15, 0.2) is 0 Å². The van der Waals surface area contributed by atoms with Gasteiger partial charge >= 0.3 is 0 Å². The van der Waals surface area contributed by atoms with Gasteiger partial charge in [-0.15, -0.1) is 0 Å². The van der Waals surface area contributed by atoms with E-state index in [2.05, 4.69) is 31.4 Å². The number of nitrogens with zero attached hydrogens (tertiary/aromatic N) is 4. The van der Waals surface area contributed by atoms with Crippen LogP contribution in [0.25, 0.3) is 0 Å². The topological polar surface area (TPSA) is 74.0 Å². The lowest BCUT2D eigenvalue weighted by Crippen LogP contribution is -2.26. The molecule has 2 aromatic heterocycles. The van der Waals surface area contributed by atoms with Gasteiger partial charge in [-0.3, -0.25) is 9.48 Å². The minimum Gasteiger partial charge on any atom is -0.383 e. The second-order valence-electron chi connectivity index (χ2n) is 4.59. The molecule has 1 N–H and O–H groups in total. The number of hydrogen-bond acceptors (Lipinski definition) is 5.